The first-order valence-electron chi connectivity index (χ1n) is 7.73. The number of hydrogen-bond acceptors (Lipinski definition) is 6. The summed E-state index contributed by atoms with van der Waals surface area (Å²) in [5.74, 6) is -0.424. The number of thiophene rings is 1. The molecule has 1 aromatic heterocycles. The molecule has 0 amide bonds. The molecule has 1 aliphatic heterocycles. The quantitative estimate of drug-likeness (QED) is 0.817. The van der Waals surface area contributed by atoms with Gasteiger partial charge in [0.15, 0.2) is 6.04 Å². The van der Waals surface area contributed by atoms with Crippen LogP contribution in [0.3, 0.4) is 0 Å². The van der Waals surface area contributed by atoms with Crippen LogP contribution >= 0.6 is 11.3 Å². The molecule has 26 heavy (non-hydrogen) atoms. The molecule has 0 radical (unpaired) electrons. The Bertz CT molecular complexity index is 750. The molecular weight excluding hydrogens is 369 g/mol. The van der Waals surface area contributed by atoms with Gasteiger partial charge < -0.3 is 14.4 Å². The average molecular weight is 386 g/mol. The van der Waals surface area contributed by atoms with E-state index in [4.69, 9.17) is 4.74 Å². The van der Waals surface area contributed by atoms with Crippen molar-refractivity contribution in [1.29, 1.82) is 0 Å². The zero-order valence-corrected chi connectivity index (χ0v) is 14.8. The number of benzene rings is 1. The van der Waals surface area contributed by atoms with Crippen LogP contribution in [0.4, 0.5) is 18.9 Å². The number of carbonyl (C=O) groups excluding carboxylic acids is 1. The van der Waals surface area contributed by atoms with E-state index in [0.717, 1.165) is 7.11 Å². The van der Waals surface area contributed by atoms with Gasteiger partial charge in [0, 0.05) is 10.6 Å². The normalized spacial score (nSPS) is 23.1. The van der Waals surface area contributed by atoms with E-state index in [1.807, 2.05) is 0 Å². The van der Waals surface area contributed by atoms with E-state index >= 15 is 0 Å². The maximum atomic E-state index is 13.9. The van der Waals surface area contributed by atoms with Crippen LogP contribution < -0.4 is 15.0 Å². The maximum Gasteiger partial charge on any atom is 0.410 e. The number of hydrogen-bond donors (Lipinski definition) is 1. The summed E-state index contributed by atoms with van der Waals surface area (Å²) >= 11 is 1.31. The maximum absolute atomic E-state index is 13.9. The zero-order valence-electron chi connectivity index (χ0n) is 14.0. The predicted octanol–water partition coefficient (Wildman–Crippen LogP) is 3.34. The van der Waals surface area contributed by atoms with Gasteiger partial charge in [0.05, 0.1) is 14.2 Å². The number of carbonyl (C=O) groups is 1. The fourth-order valence-electron chi connectivity index (χ4n) is 3.06. The van der Waals surface area contributed by atoms with E-state index in [0.29, 0.717) is 16.3 Å². The first-order chi connectivity index (χ1) is 12.4. The van der Waals surface area contributed by atoms with Gasteiger partial charge in [-0.25, -0.2) is 0 Å². The SMILES string of the molecule is COC(=O)[C@@H]1N[C@@H](c2cccs2)N(c2ccc(OC)cc2)[C@H]1C(F)(F)F. The highest BCUT2D eigenvalue weighted by Crippen LogP contribution is 2.42. The fraction of sp³-hybridized carbons (Fsp3) is 0.353. The van der Waals surface area contributed by atoms with Crippen LogP contribution in [0.5, 0.6) is 5.75 Å². The smallest absolute Gasteiger partial charge is 0.410 e. The number of nitrogens with one attached hydrogen (secondary N) is 1. The molecule has 3 rings (SSSR count). The van der Waals surface area contributed by atoms with Crippen molar-refractivity contribution in [2.45, 2.75) is 24.4 Å². The summed E-state index contributed by atoms with van der Waals surface area (Å²) in [5, 5.41) is 4.56. The highest BCUT2D eigenvalue weighted by Gasteiger charge is 2.58. The van der Waals surface area contributed by atoms with Crippen molar-refractivity contribution in [3.63, 3.8) is 0 Å². The number of methoxy groups -OCH3 is 2. The summed E-state index contributed by atoms with van der Waals surface area (Å²) in [6.45, 7) is 0. The zero-order chi connectivity index (χ0) is 18.9. The van der Waals surface area contributed by atoms with Crippen molar-refractivity contribution in [3.05, 3.63) is 46.7 Å². The lowest BCUT2D eigenvalue weighted by Crippen LogP contribution is -2.51. The van der Waals surface area contributed by atoms with Gasteiger partial charge in [0.25, 0.3) is 0 Å². The van der Waals surface area contributed by atoms with Gasteiger partial charge in [-0.3, -0.25) is 10.1 Å². The second-order valence-corrected chi connectivity index (χ2v) is 6.66. The predicted molar refractivity (Wildman–Crippen MR) is 91.3 cm³/mol. The Labute approximate surface area is 152 Å². The van der Waals surface area contributed by atoms with E-state index in [9.17, 15) is 18.0 Å². The molecule has 2 aromatic rings. The fourth-order valence-corrected chi connectivity index (χ4v) is 3.85. The van der Waals surface area contributed by atoms with E-state index < -0.39 is 30.4 Å². The molecular formula is C17H17F3N2O3S. The number of anilines is 1. The van der Waals surface area contributed by atoms with Crippen LogP contribution in [0, 0.1) is 0 Å². The minimum absolute atomic E-state index is 0.324. The molecule has 0 spiro atoms. The topological polar surface area (TPSA) is 50.8 Å². The van der Waals surface area contributed by atoms with Gasteiger partial charge in [0.2, 0.25) is 0 Å². The average Bonchev–Trinajstić information content (AvgIpc) is 3.27. The largest absolute Gasteiger partial charge is 0.497 e. The highest BCUT2D eigenvalue weighted by molar-refractivity contribution is 7.10. The molecule has 0 saturated carbocycles. The standard InChI is InChI=1S/C17H17F3N2O3S/c1-24-11-7-5-10(6-8-11)22-14(17(18,19)20)13(16(23)25-2)21-15(22)12-4-3-9-26-12/h3-9,13-15,21H,1-2H3/t13-,14-,15-/m1/s1. The van der Waals surface area contributed by atoms with Crippen molar-refractivity contribution < 1.29 is 27.4 Å². The molecule has 9 heteroatoms. The Morgan fingerprint density at radius 3 is 2.38 bits per heavy atom. The number of esters is 1. The van der Waals surface area contributed by atoms with E-state index in [1.54, 1.807) is 41.8 Å². The Kier molecular flexibility index (Phi) is 5.10. The Hall–Kier alpha value is -2.26. The summed E-state index contributed by atoms with van der Waals surface area (Å²) in [4.78, 5) is 13.9. The minimum atomic E-state index is -4.64. The molecule has 0 aliphatic carbocycles. The summed E-state index contributed by atoms with van der Waals surface area (Å²) in [6, 6.07) is 6.14. The van der Waals surface area contributed by atoms with Gasteiger partial charge in [-0.05, 0) is 35.7 Å². The molecule has 1 aromatic carbocycles. The molecule has 140 valence electrons. The molecule has 2 heterocycles. The van der Waals surface area contributed by atoms with E-state index in [-0.39, 0.29) is 0 Å². The molecule has 3 atom stereocenters. The molecule has 1 N–H and O–H groups in total. The number of nitrogens with zero attached hydrogens (tertiary/aromatic N) is 1. The Balaban J connectivity index is 2.09. The highest BCUT2D eigenvalue weighted by atomic mass is 32.1. The molecule has 1 saturated heterocycles. The third kappa shape index (κ3) is 3.36. The van der Waals surface area contributed by atoms with Crippen molar-refractivity contribution >= 4 is 23.0 Å². The van der Waals surface area contributed by atoms with Crippen LogP contribution in [0.25, 0.3) is 0 Å². The lowest BCUT2D eigenvalue weighted by Gasteiger charge is -2.32. The lowest BCUT2D eigenvalue weighted by molar-refractivity contribution is -0.164. The van der Waals surface area contributed by atoms with Gasteiger partial charge in [-0.2, -0.15) is 13.2 Å². The number of ether oxygens (including phenoxy) is 2. The minimum Gasteiger partial charge on any atom is -0.497 e. The first-order valence-corrected chi connectivity index (χ1v) is 8.61. The van der Waals surface area contributed by atoms with Crippen LogP contribution in [0.1, 0.15) is 11.0 Å². The summed E-state index contributed by atoms with van der Waals surface area (Å²) < 4.78 is 51.4. The molecule has 0 bridgehead atoms. The van der Waals surface area contributed by atoms with Gasteiger partial charge in [0.1, 0.15) is 18.0 Å². The van der Waals surface area contributed by atoms with Gasteiger partial charge in [-0.1, -0.05) is 6.07 Å². The number of halogens is 3. The van der Waals surface area contributed by atoms with Crippen molar-refractivity contribution in [2.75, 3.05) is 19.1 Å². The van der Waals surface area contributed by atoms with Crippen molar-refractivity contribution in [3.8, 4) is 5.75 Å². The van der Waals surface area contributed by atoms with Gasteiger partial charge in [-0.15, -0.1) is 11.3 Å². The van der Waals surface area contributed by atoms with Gasteiger partial charge >= 0.3 is 12.1 Å². The van der Waals surface area contributed by atoms with Crippen LogP contribution in [-0.4, -0.2) is 38.4 Å². The monoisotopic (exact) mass is 386 g/mol. The number of rotatable bonds is 4. The van der Waals surface area contributed by atoms with Crippen molar-refractivity contribution in [2.24, 2.45) is 0 Å². The third-order valence-corrected chi connectivity index (χ3v) is 5.13. The number of alkyl halides is 3. The van der Waals surface area contributed by atoms with Crippen molar-refractivity contribution in [1.82, 2.24) is 5.32 Å². The third-order valence-electron chi connectivity index (χ3n) is 4.20. The molecule has 5 nitrogen and oxygen atoms in total. The summed E-state index contributed by atoms with van der Waals surface area (Å²) in [6.07, 6.45) is -5.45. The van der Waals surface area contributed by atoms with E-state index in [1.165, 1.54) is 23.3 Å². The second-order valence-electron chi connectivity index (χ2n) is 5.68. The van der Waals surface area contributed by atoms with Crippen LogP contribution in [-0.2, 0) is 9.53 Å². The Morgan fingerprint density at radius 2 is 1.88 bits per heavy atom. The lowest BCUT2D eigenvalue weighted by atomic mass is 10.1. The first kappa shape index (κ1) is 18.5. The van der Waals surface area contributed by atoms with Crippen LogP contribution in [0.2, 0.25) is 0 Å². The molecule has 1 fully saturated rings. The molecule has 0 unspecified atom stereocenters. The Morgan fingerprint density at radius 1 is 1.19 bits per heavy atom. The van der Waals surface area contributed by atoms with E-state index in [2.05, 4.69) is 10.1 Å². The summed E-state index contributed by atoms with van der Waals surface area (Å²) in [7, 11) is 2.56. The molecule has 1 aliphatic rings. The van der Waals surface area contributed by atoms with Crippen LogP contribution in [0.15, 0.2) is 41.8 Å². The summed E-state index contributed by atoms with van der Waals surface area (Å²) in [5.41, 5.74) is 0.324. The second kappa shape index (κ2) is 7.16.